The molecule has 8 heteroatoms. The van der Waals surface area contributed by atoms with Gasteiger partial charge in [-0.15, -0.1) is 0 Å². The van der Waals surface area contributed by atoms with Gasteiger partial charge in [0.1, 0.15) is 5.69 Å². The Labute approximate surface area is 93.4 Å². The maximum Gasteiger partial charge on any atom is 0.368 e. The summed E-state index contributed by atoms with van der Waals surface area (Å²) in [5.74, 6) is 0. The Balaban J connectivity index is 2.63. The van der Waals surface area contributed by atoms with Crippen molar-refractivity contribution in [2.45, 2.75) is 5.33 Å². The largest absolute Gasteiger partial charge is 0.368 e. The molecule has 0 saturated carbocycles. The summed E-state index contributed by atoms with van der Waals surface area (Å²) in [5, 5.41) is 12.1. The highest BCUT2D eigenvalue weighted by atomic mass is 79.9. The van der Waals surface area contributed by atoms with Gasteiger partial charge in [0.15, 0.2) is 0 Å². The third-order valence-corrected chi connectivity index (χ3v) is 2.49. The van der Waals surface area contributed by atoms with Crippen molar-refractivity contribution in [3.05, 3.63) is 22.4 Å². The van der Waals surface area contributed by atoms with Crippen molar-refractivity contribution in [2.24, 2.45) is 14.1 Å². The van der Waals surface area contributed by atoms with Crippen LogP contribution >= 0.6 is 15.9 Å². The van der Waals surface area contributed by atoms with Crippen molar-refractivity contribution in [1.29, 1.82) is 0 Å². The number of tetrazole rings is 1. The molecule has 0 fully saturated rings. The number of alkyl halides is 1. The maximum absolute atomic E-state index is 11.6. The number of hydrogen-bond acceptors (Lipinski definition) is 4. The molecule has 15 heavy (non-hydrogen) atoms. The average Bonchev–Trinajstić information content (AvgIpc) is 2.72. The number of rotatable bonds is 2. The molecule has 0 aromatic carbocycles. The van der Waals surface area contributed by atoms with E-state index >= 15 is 0 Å². The van der Waals surface area contributed by atoms with Gasteiger partial charge >= 0.3 is 5.69 Å². The Bertz CT molecular complexity index is 538. The molecule has 0 saturated heterocycles. The topological polar surface area (TPSA) is 70.5 Å². The molecule has 2 aromatic rings. The molecule has 0 aliphatic rings. The Morgan fingerprint density at radius 1 is 1.40 bits per heavy atom. The lowest BCUT2D eigenvalue weighted by molar-refractivity contribution is 0.692. The van der Waals surface area contributed by atoms with Gasteiger partial charge in [0.05, 0.1) is 11.9 Å². The molecule has 0 unspecified atom stereocenters. The van der Waals surface area contributed by atoms with Crippen LogP contribution in [0, 0.1) is 0 Å². The lowest BCUT2D eigenvalue weighted by atomic mass is 10.4. The highest BCUT2D eigenvalue weighted by Crippen LogP contribution is 2.12. The van der Waals surface area contributed by atoms with Crippen LogP contribution in [0.25, 0.3) is 5.69 Å². The number of aromatic nitrogens is 6. The molecule has 2 aromatic heterocycles. The minimum Gasteiger partial charge on any atom is -0.273 e. The van der Waals surface area contributed by atoms with Crippen molar-refractivity contribution in [2.75, 3.05) is 0 Å². The molecule has 0 amide bonds. The predicted molar refractivity (Wildman–Crippen MR) is 56.0 cm³/mol. The van der Waals surface area contributed by atoms with Crippen molar-refractivity contribution >= 4 is 15.9 Å². The van der Waals surface area contributed by atoms with Crippen LogP contribution < -0.4 is 5.69 Å². The lowest BCUT2D eigenvalue weighted by Gasteiger charge is -1.94. The van der Waals surface area contributed by atoms with E-state index in [1.54, 1.807) is 25.0 Å². The molecule has 0 aliphatic carbocycles. The Morgan fingerprint density at radius 3 is 2.67 bits per heavy atom. The zero-order chi connectivity index (χ0) is 11.0. The van der Waals surface area contributed by atoms with Crippen molar-refractivity contribution < 1.29 is 0 Å². The van der Waals surface area contributed by atoms with E-state index in [4.69, 9.17) is 0 Å². The average molecular weight is 273 g/mol. The molecule has 2 rings (SSSR count). The van der Waals surface area contributed by atoms with Crippen LogP contribution in [0.2, 0.25) is 0 Å². The van der Waals surface area contributed by atoms with E-state index in [1.165, 1.54) is 9.36 Å². The normalized spacial score (nSPS) is 10.9. The highest BCUT2D eigenvalue weighted by Gasteiger charge is 2.13. The monoisotopic (exact) mass is 272 g/mol. The van der Waals surface area contributed by atoms with Gasteiger partial charge < -0.3 is 0 Å². The molecule has 7 nitrogen and oxygen atoms in total. The van der Waals surface area contributed by atoms with E-state index in [0.717, 1.165) is 5.69 Å². The van der Waals surface area contributed by atoms with Crippen LogP contribution in [-0.2, 0) is 19.4 Å². The minimum absolute atomic E-state index is 0.287. The van der Waals surface area contributed by atoms with E-state index in [0.29, 0.717) is 11.0 Å². The van der Waals surface area contributed by atoms with Gasteiger partial charge in [0.2, 0.25) is 0 Å². The van der Waals surface area contributed by atoms with E-state index in [2.05, 4.69) is 31.5 Å². The molecular weight excluding hydrogens is 264 g/mol. The highest BCUT2D eigenvalue weighted by molar-refractivity contribution is 9.08. The molecule has 80 valence electrons. The SMILES string of the molecule is Cn1cc(-n2nnn(C)c2=O)c(CBr)n1. The molecule has 0 N–H and O–H groups in total. The maximum atomic E-state index is 11.6. The predicted octanol–water partition coefficient (Wildman–Crippen LogP) is -0.406. The van der Waals surface area contributed by atoms with E-state index in [-0.39, 0.29) is 5.69 Å². The fourth-order valence-electron chi connectivity index (χ4n) is 1.26. The number of halogens is 1. The van der Waals surface area contributed by atoms with E-state index < -0.39 is 0 Å². The Kier molecular flexibility index (Phi) is 2.43. The number of nitrogens with zero attached hydrogens (tertiary/aromatic N) is 6. The standard InChI is InChI=1S/C7H9BrN6O/c1-12-4-6(5(3-8)9-12)14-7(15)13(2)10-11-14/h4H,3H2,1-2H3. The zero-order valence-corrected chi connectivity index (χ0v) is 9.84. The second-order valence-electron chi connectivity index (χ2n) is 3.07. The molecule has 0 bridgehead atoms. The van der Waals surface area contributed by atoms with Crippen molar-refractivity contribution in [1.82, 2.24) is 29.6 Å². The summed E-state index contributed by atoms with van der Waals surface area (Å²) in [7, 11) is 3.34. The lowest BCUT2D eigenvalue weighted by Crippen LogP contribution is -2.22. The smallest absolute Gasteiger partial charge is 0.273 e. The molecule has 0 atom stereocenters. The van der Waals surface area contributed by atoms with Gasteiger partial charge in [-0.3, -0.25) is 4.68 Å². The van der Waals surface area contributed by atoms with Crippen molar-refractivity contribution in [3.8, 4) is 5.69 Å². The first kappa shape index (κ1) is 10.1. The van der Waals surface area contributed by atoms with E-state index in [1.807, 2.05) is 0 Å². The van der Waals surface area contributed by atoms with Gasteiger partial charge in [-0.05, 0) is 10.4 Å². The van der Waals surface area contributed by atoms with Gasteiger partial charge in [0.25, 0.3) is 0 Å². The summed E-state index contributed by atoms with van der Waals surface area (Å²) >= 11 is 3.30. The van der Waals surface area contributed by atoms with Crippen LogP contribution in [-0.4, -0.2) is 29.6 Å². The number of aryl methyl sites for hydroxylation is 2. The van der Waals surface area contributed by atoms with E-state index in [9.17, 15) is 4.79 Å². The molecule has 0 spiro atoms. The van der Waals surface area contributed by atoms with Gasteiger partial charge in [-0.2, -0.15) is 14.5 Å². The summed E-state index contributed by atoms with van der Waals surface area (Å²) in [6.45, 7) is 0. The summed E-state index contributed by atoms with van der Waals surface area (Å²) < 4.78 is 4.03. The minimum atomic E-state index is -0.287. The molecule has 0 aliphatic heterocycles. The van der Waals surface area contributed by atoms with Crippen molar-refractivity contribution in [3.63, 3.8) is 0 Å². The summed E-state index contributed by atoms with van der Waals surface area (Å²) in [6.07, 6.45) is 1.73. The van der Waals surface area contributed by atoms with Crippen LogP contribution in [0.15, 0.2) is 11.0 Å². The van der Waals surface area contributed by atoms with Crippen LogP contribution in [0.1, 0.15) is 5.69 Å². The van der Waals surface area contributed by atoms with Gasteiger partial charge in [-0.1, -0.05) is 15.9 Å². The Hall–Kier alpha value is -1.44. The first-order valence-electron chi connectivity index (χ1n) is 4.21. The third kappa shape index (κ3) is 1.60. The summed E-state index contributed by atoms with van der Waals surface area (Å²) in [6, 6.07) is 0. The first-order valence-corrected chi connectivity index (χ1v) is 5.33. The Morgan fingerprint density at radius 2 is 2.13 bits per heavy atom. The van der Waals surface area contributed by atoms with Gasteiger partial charge in [-0.25, -0.2) is 4.79 Å². The molecule has 2 heterocycles. The summed E-state index contributed by atoms with van der Waals surface area (Å²) in [4.78, 5) is 11.6. The number of hydrogen-bond donors (Lipinski definition) is 0. The zero-order valence-electron chi connectivity index (χ0n) is 8.25. The van der Waals surface area contributed by atoms with Crippen LogP contribution in [0.5, 0.6) is 0 Å². The first-order chi connectivity index (χ1) is 7.13. The molecule has 0 radical (unpaired) electrons. The third-order valence-electron chi connectivity index (χ3n) is 1.96. The second-order valence-corrected chi connectivity index (χ2v) is 3.63. The van der Waals surface area contributed by atoms with Crippen LogP contribution in [0.4, 0.5) is 0 Å². The fourth-order valence-corrected chi connectivity index (χ4v) is 1.66. The fraction of sp³-hybridized carbons (Fsp3) is 0.429. The van der Waals surface area contributed by atoms with Gasteiger partial charge in [0, 0.05) is 19.4 Å². The quantitative estimate of drug-likeness (QED) is 0.698. The molecular formula is C7H9BrN6O. The summed E-state index contributed by atoms with van der Waals surface area (Å²) in [5.41, 5.74) is 1.11. The van der Waals surface area contributed by atoms with Crippen LogP contribution in [0.3, 0.4) is 0 Å². The second kappa shape index (κ2) is 3.61.